The smallest absolute Gasteiger partial charge is 0.227 e. The molecule has 1 fully saturated rings. The summed E-state index contributed by atoms with van der Waals surface area (Å²) in [5.41, 5.74) is 0.806. The minimum absolute atomic E-state index is 0.0387. The van der Waals surface area contributed by atoms with Crippen LogP contribution in [0.1, 0.15) is 6.42 Å². The molecule has 1 aliphatic heterocycles. The lowest BCUT2D eigenvalue weighted by Gasteiger charge is -2.16. The van der Waals surface area contributed by atoms with E-state index in [9.17, 15) is 9.59 Å². The van der Waals surface area contributed by atoms with E-state index in [2.05, 4.69) is 27.2 Å². The van der Waals surface area contributed by atoms with Crippen LogP contribution in [0.25, 0.3) is 0 Å². The zero-order valence-corrected chi connectivity index (χ0v) is 11.8. The lowest BCUT2D eigenvalue weighted by atomic mass is 10.1. The van der Waals surface area contributed by atoms with Crippen LogP contribution in [0.15, 0.2) is 28.7 Å². The first-order valence-electron chi connectivity index (χ1n) is 5.89. The van der Waals surface area contributed by atoms with E-state index in [1.807, 2.05) is 24.3 Å². The van der Waals surface area contributed by atoms with Crippen LogP contribution in [0, 0.1) is 18.3 Å². The Kier molecular flexibility index (Phi) is 4.23. The molecule has 2 rings (SSSR count). The Balaban J connectivity index is 2.05. The van der Waals surface area contributed by atoms with E-state index in [0.29, 0.717) is 6.54 Å². The van der Waals surface area contributed by atoms with Crippen LogP contribution >= 0.6 is 15.9 Å². The van der Waals surface area contributed by atoms with Gasteiger partial charge in [-0.3, -0.25) is 9.59 Å². The maximum Gasteiger partial charge on any atom is 0.227 e. The van der Waals surface area contributed by atoms with Gasteiger partial charge in [-0.25, -0.2) is 0 Å². The Morgan fingerprint density at radius 2 is 2.16 bits per heavy atom. The maximum absolute atomic E-state index is 11.9. The van der Waals surface area contributed by atoms with Crippen LogP contribution in [0.3, 0.4) is 0 Å². The number of terminal acetylenes is 1. The highest BCUT2D eigenvalue weighted by Crippen LogP contribution is 2.26. The number of rotatable bonds is 3. The monoisotopic (exact) mass is 320 g/mol. The van der Waals surface area contributed by atoms with Gasteiger partial charge in [-0.05, 0) is 24.3 Å². The van der Waals surface area contributed by atoms with Gasteiger partial charge in [0.2, 0.25) is 11.8 Å². The van der Waals surface area contributed by atoms with E-state index in [1.54, 1.807) is 4.90 Å². The van der Waals surface area contributed by atoms with Crippen molar-refractivity contribution in [1.82, 2.24) is 5.32 Å². The molecule has 0 aromatic heterocycles. The zero-order chi connectivity index (χ0) is 13.8. The summed E-state index contributed by atoms with van der Waals surface area (Å²) in [6.07, 6.45) is 5.32. The van der Waals surface area contributed by atoms with E-state index in [1.165, 1.54) is 0 Å². The highest BCUT2D eigenvalue weighted by Gasteiger charge is 2.34. The number of nitrogens with zero attached hydrogens (tertiary/aromatic N) is 1. The van der Waals surface area contributed by atoms with Crippen molar-refractivity contribution in [2.75, 3.05) is 18.0 Å². The summed E-state index contributed by atoms with van der Waals surface area (Å²) in [5, 5.41) is 2.61. The topological polar surface area (TPSA) is 49.4 Å². The van der Waals surface area contributed by atoms with E-state index in [0.717, 1.165) is 10.2 Å². The Labute approximate surface area is 120 Å². The molecular weight excluding hydrogens is 308 g/mol. The Bertz CT molecular complexity index is 533. The van der Waals surface area contributed by atoms with Crippen molar-refractivity contribution < 1.29 is 9.59 Å². The van der Waals surface area contributed by atoms with Gasteiger partial charge < -0.3 is 10.2 Å². The number of carbonyl (C=O) groups is 2. The third-order valence-electron chi connectivity index (χ3n) is 3.00. The zero-order valence-electron chi connectivity index (χ0n) is 10.2. The van der Waals surface area contributed by atoms with Crippen molar-refractivity contribution in [2.45, 2.75) is 6.42 Å². The van der Waals surface area contributed by atoms with Crippen LogP contribution < -0.4 is 10.2 Å². The Hall–Kier alpha value is -1.80. The van der Waals surface area contributed by atoms with Crippen LogP contribution in [0.2, 0.25) is 0 Å². The fraction of sp³-hybridized carbons (Fsp3) is 0.286. The molecule has 2 amide bonds. The molecule has 98 valence electrons. The van der Waals surface area contributed by atoms with E-state index >= 15 is 0 Å². The average molecular weight is 321 g/mol. The molecule has 0 saturated carbocycles. The Morgan fingerprint density at radius 3 is 2.79 bits per heavy atom. The standard InChI is InChI=1S/C14H13BrN2O2/c1-2-7-16-14(19)10-8-13(18)17(9-10)12-5-3-11(15)4-6-12/h1,3-6,10H,7-9H2,(H,16,19)/t10-/m0/s1. The molecule has 4 nitrogen and oxygen atoms in total. The van der Waals surface area contributed by atoms with Crippen molar-refractivity contribution in [3.63, 3.8) is 0 Å². The Morgan fingerprint density at radius 1 is 1.47 bits per heavy atom. The third-order valence-corrected chi connectivity index (χ3v) is 3.53. The maximum atomic E-state index is 11.9. The van der Waals surface area contributed by atoms with Gasteiger partial charge in [0.1, 0.15) is 0 Å². The van der Waals surface area contributed by atoms with Crippen molar-refractivity contribution >= 4 is 33.4 Å². The molecule has 1 aliphatic rings. The predicted octanol–water partition coefficient (Wildman–Crippen LogP) is 1.55. The van der Waals surface area contributed by atoms with Crippen LogP contribution in [-0.4, -0.2) is 24.9 Å². The van der Waals surface area contributed by atoms with Gasteiger partial charge in [0, 0.05) is 23.1 Å². The molecule has 1 aromatic rings. The minimum Gasteiger partial charge on any atom is -0.345 e. The molecule has 1 aromatic carbocycles. The fourth-order valence-corrected chi connectivity index (χ4v) is 2.30. The molecule has 1 atom stereocenters. The van der Waals surface area contributed by atoms with Crippen LogP contribution in [0.4, 0.5) is 5.69 Å². The highest BCUT2D eigenvalue weighted by molar-refractivity contribution is 9.10. The lowest BCUT2D eigenvalue weighted by molar-refractivity contribution is -0.126. The fourth-order valence-electron chi connectivity index (χ4n) is 2.04. The molecule has 0 unspecified atom stereocenters. The predicted molar refractivity (Wildman–Crippen MR) is 76.4 cm³/mol. The number of anilines is 1. The first-order valence-corrected chi connectivity index (χ1v) is 6.68. The summed E-state index contributed by atoms with van der Waals surface area (Å²) in [6, 6.07) is 7.44. The summed E-state index contributed by atoms with van der Waals surface area (Å²) >= 11 is 3.35. The second-order valence-electron chi connectivity index (χ2n) is 4.30. The molecule has 5 heteroatoms. The van der Waals surface area contributed by atoms with Gasteiger partial charge in [0.25, 0.3) is 0 Å². The van der Waals surface area contributed by atoms with Crippen LogP contribution in [0.5, 0.6) is 0 Å². The molecule has 0 spiro atoms. The molecule has 1 N–H and O–H groups in total. The molecule has 0 bridgehead atoms. The van der Waals surface area contributed by atoms with Crippen LogP contribution in [-0.2, 0) is 9.59 Å². The second-order valence-corrected chi connectivity index (χ2v) is 5.22. The summed E-state index contributed by atoms with van der Waals surface area (Å²) < 4.78 is 0.950. The number of nitrogens with one attached hydrogen (secondary N) is 1. The largest absolute Gasteiger partial charge is 0.345 e. The molecule has 19 heavy (non-hydrogen) atoms. The number of halogens is 1. The molecule has 0 radical (unpaired) electrons. The second kappa shape index (κ2) is 5.89. The number of carbonyl (C=O) groups excluding carboxylic acids is 2. The first-order chi connectivity index (χ1) is 9.11. The minimum atomic E-state index is -0.329. The molecule has 1 saturated heterocycles. The van der Waals surface area contributed by atoms with E-state index < -0.39 is 0 Å². The SMILES string of the molecule is C#CCNC(=O)[C@H]1CC(=O)N(c2ccc(Br)cc2)C1. The van der Waals surface area contributed by atoms with Gasteiger partial charge in [-0.15, -0.1) is 6.42 Å². The number of benzene rings is 1. The van der Waals surface area contributed by atoms with Gasteiger partial charge in [-0.1, -0.05) is 21.9 Å². The molecular formula is C14H13BrN2O2. The number of hydrogen-bond acceptors (Lipinski definition) is 2. The third kappa shape index (κ3) is 3.15. The number of amides is 2. The van der Waals surface area contributed by atoms with Crippen molar-refractivity contribution in [3.05, 3.63) is 28.7 Å². The van der Waals surface area contributed by atoms with Gasteiger partial charge in [0.05, 0.1) is 12.5 Å². The van der Waals surface area contributed by atoms with Crippen molar-refractivity contribution in [1.29, 1.82) is 0 Å². The first kappa shape index (κ1) is 13.6. The highest BCUT2D eigenvalue weighted by atomic mass is 79.9. The average Bonchev–Trinajstić information content (AvgIpc) is 2.79. The lowest BCUT2D eigenvalue weighted by Crippen LogP contribution is -2.33. The van der Waals surface area contributed by atoms with Crippen molar-refractivity contribution in [3.8, 4) is 12.3 Å². The summed E-state index contributed by atoms with van der Waals surface area (Å²) in [5.74, 6) is 1.82. The van der Waals surface area contributed by atoms with Crippen molar-refractivity contribution in [2.24, 2.45) is 5.92 Å². The summed E-state index contributed by atoms with van der Waals surface area (Å²) in [4.78, 5) is 25.4. The van der Waals surface area contributed by atoms with Gasteiger partial charge in [-0.2, -0.15) is 0 Å². The normalized spacial score (nSPS) is 18.2. The van der Waals surface area contributed by atoms with E-state index in [-0.39, 0.29) is 30.7 Å². The summed E-state index contributed by atoms with van der Waals surface area (Å²) in [7, 11) is 0. The summed E-state index contributed by atoms with van der Waals surface area (Å²) in [6.45, 7) is 0.596. The number of hydrogen-bond donors (Lipinski definition) is 1. The van der Waals surface area contributed by atoms with E-state index in [4.69, 9.17) is 6.42 Å². The molecule has 1 heterocycles. The van der Waals surface area contributed by atoms with Gasteiger partial charge in [0.15, 0.2) is 0 Å². The van der Waals surface area contributed by atoms with Gasteiger partial charge >= 0.3 is 0 Å². The quantitative estimate of drug-likeness (QED) is 0.859. The molecule has 0 aliphatic carbocycles.